The van der Waals surface area contributed by atoms with Crippen molar-refractivity contribution < 1.29 is 4.79 Å². The average molecular weight is 215 g/mol. The van der Waals surface area contributed by atoms with Crippen molar-refractivity contribution >= 4 is 11.7 Å². The number of carbonyl (C=O) groups is 1. The second-order valence-corrected chi connectivity index (χ2v) is 3.64. The average Bonchev–Trinajstić information content (AvgIpc) is 2.61. The molecule has 4 nitrogen and oxygen atoms in total. The van der Waals surface area contributed by atoms with Crippen LogP contribution < -0.4 is 5.32 Å². The number of aromatic nitrogens is 2. The van der Waals surface area contributed by atoms with E-state index in [1.165, 1.54) is 4.68 Å². The fraction of sp³-hybridized carbons (Fsp3) is 0.167. The van der Waals surface area contributed by atoms with Crippen molar-refractivity contribution in [1.29, 1.82) is 0 Å². The first kappa shape index (κ1) is 10.4. The van der Waals surface area contributed by atoms with Crippen LogP contribution in [0.25, 0.3) is 0 Å². The number of aryl methyl sites for hydroxylation is 2. The van der Waals surface area contributed by atoms with Crippen LogP contribution in [-0.4, -0.2) is 15.8 Å². The third kappa shape index (κ3) is 2.11. The highest BCUT2D eigenvalue weighted by atomic mass is 16.2. The van der Waals surface area contributed by atoms with Gasteiger partial charge in [0.15, 0.2) is 0 Å². The van der Waals surface area contributed by atoms with Crippen LogP contribution in [0.2, 0.25) is 0 Å². The van der Waals surface area contributed by atoms with Gasteiger partial charge < -0.3 is 5.32 Å². The zero-order valence-corrected chi connectivity index (χ0v) is 9.27. The Morgan fingerprint density at radius 3 is 2.50 bits per heavy atom. The van der Waals surface area contributed by atoms with E-state index < -0.39 is 0 Å². The van der Waals surface area contributed by atoms with Gasteiger partial charge in [0.2, 0.25) is 0 Å². The highest BCUT2D eigenvalue weighted by Crippen LogP contribution is 2.07. The molecule has 1 heterocycles. The molecule has 2 aromatic rings. The van der Waals surface area contributed by atoms with Crippen LogP contribution >= 0.6 is 0 Å². The molecule has 0 aliphatic rings. The summed E-state index contributed by atoms with van der Waals surface area (Å²) >= 11 is 0. The highest BCUT2D eigenvalue weighted by Gasteiger charge is 2.07. The van der Waals surface area contributed by atoms with Crippen molar-refractivity contribution in [2.24, 2.45) is 0 Å². The minimum atomic E-state index is -0.248. The number of carbonyl (C=O) groups excluding carboxylic acids is 1. The molecule has 1 aromatic carbocycles. The monoisotopic (exact) mass is 215 g/mol. The number of rotatable bonds is 1. The predicted octanol–water partition coefficient (Wildman–Crippen LogP) is 2.58. The Kier molecular flexibility index (Phi) is 2.72. The van der Waals surface area contributed by atoms with Crippen molar-refractivity contribution in [2.45, 2.75) is 13.8 Å². The van der Waals surface area contributed by atoms with E-state index in [9.17, 15) is 4.79 Å². The first-order valence-electron chi connectivity index (χ1n) is 5.06. The molecule has 0 bridgehead atoms. The number of para-hydroxylation sites is 1. The van der Waals surface area contributed by atoms with Crippen LogP contribution in [0.15, 0.2) is 36.5 Å². The molecule has 0 saturated carbocycles. The number of nitrogens with one attached hydrogen (secondary N) is 1. The molecular weight excluding hydrogens is 202 g/mol. The Hall–Kier alpha value is -2.10. The molecular formula is C12H13N3O. The van der Waals surface area contributed by atoms with Gasteiger partial charge in [0, 0.05) is 11.9 Å². The molecule has 0 fully saturated rings. The van der Waals surface area contributed by atoms with Gasteiger partial charge >= 0.3 is 6.03 Å². The summed E-state index contributed by atoms with van der Waals surface area (Å²) in [4.78, 5) is 11.8. The van der Waals surface area contributed by atoms with Crippen molar-refractivity contribution in [1.82, 2.24) is 9.78 Å². The standard InChI is InChI=1S/C12H13N3O/c1-9-8-15(14-10(9)2)12(16)13-11-6-4-3-5-7-11/h3-8H,1-2H3,(H,13,16). The van der Waals surface area contributed by atoms with Gasteiger partial charge in [-0.1, -0.05) is 18.2 Å². The molecule has 4 heteroatoms. The molecule has 16 heavy (non-hydrogen) atoms. The number of benzene rings is 1. The van der Waals surface area contributed by atoms with E-state index >= 15 is 0 Å². The maximum atomic E-state index is 11.8. The second-order valence-electron chi connectivity index (χ2n) is 3.64. The Bertz CT molecular complexity index is 483. The van der Waals surface area contributed by atoms with Crippen molar-refractivity contribution in [3.8, 4) is 0 Å². The first-order chi connectivity index (χ1) is 7.66. The lowest BCUT2D eigenvalue weighted by atomic mass is 10.3. The third-order valence-electron chi connectivity index (χ3n) is 2.38. The molecule has 1 N–H and O–H groups in total. The largest absolute Gasteiger partial charge is 0.346 e. The summed E-state index contributed by atoms with van der Waals surface area (Å²) < 4.78 is 1.32. The molecule has 0 radical (unpaired) electrons. The molecule has 0 saturated heterocycles. The normalized spacial score (nSPS) is 10.1. The molecule has 82 valence electrons. The molecule has 1 aromatic heterocycles. The highest BCUT2D eigenvalue weighted by molar-refractivity contribution is 5.90. The summed E-state index contributed by atoms with van der Waals surface area (Å²) in [6.07, 6.45) is 1.72. The Morgan fingerprint density at radius 2 is 1.94 bits per heavy atom. The topological polar surface area (TPSA) is 46.9 Å². The fourth-order valence-corrected chi connectivity index (χ4v) is 1.35. The zero-order chi connectivity index (χ0) is 11.5. The van der Waals surface area contributed by atoms with E-state index in [2.05, 4.69) is 10.4 Å². The van der Waals surface area contributed by atoms with Crippen LogP contribution in [0.3, 0.4) is 0 Å². The Morgan fingerprint density at radius 1 is 1.25 bits per heavy atom. The number of hydrogen-bond acceptors (Lipinski definition) is 2. The maximum absolute atomic E-state index is 11.8. The predicted molar refractivity (Wildman–Crippen MR) is 62.6 cm³/mol. The Balaban J connectivity index is 2.15. The minimum Gasteiger partial charge on any atom is -0.306 e. The van der Waals surface area contributed by atoms with Crippen molar-refractivity contribution in [2.75, 3.05) is 5.32 Å². The van der Waals surface area contributed by atoms with Gasteiger partial charge in [0.05, 0.1) is 5.69 Å². The lowest BCUT2D eigenvalue weighted by molar-refractivity contribution is 0.251. The van der Waals surface area contributed by atoms with Gasteiger partial charge in [-0.15, -0.1) is 0 Å². The smallest absolute Gasteiger partial charge is 0.306 e. The molecule has 0 atom stereocenters. The van der Waals surface area contributed by atoms with Gasteiger partial charge in [0.25, 0.3) is 0 Å². The molecule has 0 spiro atoms. The molecule has 0 aliphatic carbocycles. The Labute approximate surface area is 93.9 Å². The minimum absolute atomic E-state index is 0.248. The summed E-state index contributed by atoms with van der Waals surface area (Å²) in [6.45, 7) is 3.80. The summed E-state index contributed by atoms with van der Waals surface area (Å²) in [5.74, 6) is 0. The van der Waals surface area contributed by atoms with E-state index in [0.717, 1.165) is 16.9 Å². The SMILES string of the molecule is Cc1cn(C(=O)Nc2ccccc2)nc1C. The lowest BCUT2D eigenvalue weighted by Crippen LogP contribution is -2.19. The van der Waals surface area contributed by atoms with Crippen molar-refractivity contribution in [3.05, 3.63) is 47.8 Å². The molecule has 2 rings (SSSR count). The first-order valence-corrected chi connectivity index (χ1v) is 5.06. The van der Waals surface area contributed by atoms with E-state index in [1.54, 1.807) is 6.20 Å². The fourth-order valence-electron chi connectivity index (χ4n) is 1.35. The third-order valence-corrected chi connectivity index (χ3v) is 2.38. The van der Waals surface area contributed by atoms with Gasteiger partial charge in [-0.25, -0.2) is 4.79 Å². The van der Waals surface area contributed by atoms with Gasteiger partial charge in [-0.2, -0.15) is 9.78 Å². The van der Waals surface area contributed by atoms with Crippen LogP contribution in [-0.2, 0) is 0 Å². The summed E-state index contributed by atoms with van der Waals surface area (Å²) in [7, 11) is 0. The number of anilines is 1. The number of amides is 1. The molecule has 0 unspecified atom stereocenters. The lowest BCUT2D eigenvalue weighted by Gasteiger charge is -2.03. The van der Waals surface area contributed by atoms with Crippen molar-refractivity contribution in [3.63, 3.8) is 0 Å². The van der Waals surface area contributed by atoms with E-state index in [4.69, 9.17) is 0 Å². The summed E-state index contributed by atoms with van der Waals surface area (Å²) in [6, 6.07) is 9.06. The zero-order valence-electron chi connectivity index (χ0n) is 9.27. The van der Waals surface area contributed by atoms with Crippen LogP contribution in [0, 0.1) is 13.8 Å². The summed E-state index contributed by atoms with van der Waals surface area (Å²) in [5, 5.41) is 6.87. The van der Waals surface area contributed by atoms with Gasteiger partial charge in [0.1, 0.15) is 0 Å². The summed E-state index contributed by atoms with van der Waals surface area (Å²) in [5.41, 5.74) is 2.63. The van der Waals surface area contributed by atoms with Gasteiger partial charge in [-0.05, 0) is 31.5 Å². The quantitative estimate of drug-likeness (QED) is 0.794. The molecule has 0 aliphatic heterocycles. The number of nitrogens with zero attached hydrogens (tertiary/aromatic N) is 2. The van der Waals surface area contributed by atoms with Crippen LogP contribution in [0.1, 0.15) is 11.3 Å². The second kappa shape index (κ2) is 4.18. The maximum Gasteiger partial charge on any atom is 0.346 e. The number of hydrogen-bond donors (Lipinski definition) is 1. The van der Waals surface area contributed by atoms with E-state index in [1.807, 2.05) is 44.2 Å². The van der Waals surface area contributed by atoms with E-state index in [-0.39, 0.29) is 6.03 Å². The van der Waals surface area contributed by atoms with Gasteiger partial charge in [-0.3, -0.25) is 0 Å². The van der Waals surface area contributed by atoms with Crippen LogP contribution in [0.4, 0.5) is 10.5 Å². The van der Waals surface area contributed by atoms with Crippen LogP contribution in [0.5, 0.6) is 0 Å². The van der Waals surface area contributed by atoms with E-state index in [0.29, 0.717) is 0 Å². The molecule has 1 amide bonds.